The Bertz CT molecular complexity index is 737. The predicted octanol–water partition coefficient (Wildman–Crippen LogP) is 2.79. The van der Waals surface area contributed by atoms with Crippen LogP contribution in [0.3, 0.4) is 0 Å². The topological polar surface area (TPSA) is 62.0 Å². The molecule has 0 fully saturated rings. The first-order valence-electron chi connectivity index (χ1n) is 5.64. The molecule has 21 heavy (non-hydrogen) atoms. The molecule has 0 saturated heterocycles. The number of amides is 1. The molecule has 4 nitrogen and oxygen atoms in total. The highest BCUT2D eigenvalue weighted by Gasteiger charge is 2.34. The van der Waals surface area contributed by atoms with E-state index in [-0.39, 0.29) is 11.3 Å². The smallest absolute Gasteiger partial charge is 0.329 e. The number of rotatable bonds is 2. The Morgan fingerprint density at radius 2 is 1.86 bits per heavy atom. The molecule has 2 rings (SSSR count). The van der Waals surface area contributed by atoms with Crippen molar-refractivity contribution >= 4 is 11.6 Å². The molecular formula is C13H8F4N2O2. The number of H-pyrrole nitrogens is 1. The lowest BCUT2D eigenvalue weighted by Gasteiger charge is -2.11. The van der Waals surface area contributed by atoms with Crippen molar-refractivity contribution in [3.63, 3.8) is 0 Å². The van der Waals surface area contributed by atoms with Crippen LogP contribution in [0.25, 0.3) is 0 Å². The molecule has 0 spiro atoms. The van der Waals surface area contributed by atoms with Crippen LogP contribution in [-0.2, 0) is 6.18 Å². The van der Waals surface area contributed by atoms with Crippen LogP contribution in [0.4, 0.5) is 23.2 Å². The van der Waals surface area contributed by atoms with Crippen molar-refractivity contribution in [2.75, 3.05) is 5.32 Å². The number of carbonyl (C=O) groups excluding carboxylic acids is 1. The molecule has 1 aromatic heterocycles. The first kappa shape index (κ1) is 14.8. The number of hydrogen-bond acceptors (Lipinski definition) is 2. The van der Waals surface area contributed by atoms with Gasteiger partial charge in [-0.05, 0) is 24.3 Å². The summed E-state index contributed by atoms with van der Waals surface area (Å²) < 4.78 is 50.7. The average molecular weight is 300 g/mol. The Kier molecular flexibility index (Phi) is 3.79. The third-order valence-electron chi connectivity index (χ3n) is 2.57. The van der Waals surface area contributed by atoms with Crippen molar-refractivity contribution in [1.82, 2.24) is 4.98 Å². The van der Waals surface area contributed by atoms with Gasteiger partial charge in [0.15, 0.2) is 0 Å². The van der Waals surface area contributed by atoms with E-state index in [9.17, 15) is 27.2 Å². The fraction of sp³-hybridized carbons (Fsp3) is 0.0769. The van der Waals surface area contributed by atoms with Crippen LogP contribution in [0, 0.1) is 5.82 Å². The molecule has 8 heteroatoms. The first-order chi connectivity index (χ1) is 9.77. The fourth-order valence-corrected chi connectivity index (χ4v) is 1.61. The van der Waals surface area contributed by atoms with Gasteiger partial charge >= 0.3 is 6.18 Å². The first-order valence-corrected chi connectivity index (χ1v) is 5.64. The van der Waals surface area contributed by atoms with Crippen LogP contribution < -0.4 is 10.9 Å². The quantitative estimate of drug-likeness (QED) is 0.838. The van der Waals surface area contributed by atoms with Gasteiger partial charge in [-0.1, -0.05) is 0 Å². The summed E-state index contributed by atoms with van der Waals surface area (Å²) in [5.74, 6) is -2.21. The van der Waals surface area contributed by atoms with Gasteiger partial charge in [-0.3, -0.25) is 9.59 Å². The van der Waals surface area contributed by atoms with E-state index < -0.39 is 29.0 Å². The molecule has 0 aliphatic heterocycles. The van der Waals surface area contributed by atoms with E-state index in [0.29, 0.717) is 12.1 Å². The summed E-state index contributed by atoms with van der Waals surface area (Å²) in [5, 5.41) is 2.17. The largest absolute Gasteiger partial charge is 0.419 e. The van der Waals surface area contributed by atoms with Gasteiger partial charge in [0.05, 0.1) is 5.56 Å². The third kappa shape index (κ3) is 3.47. The molecule has 1 amide bonds. The summed E-state index contributed by atoms with van der Waals surface area (Å²) >= 11 is 0. The highest BCUT2D eigenvalue weighted by molar-refractivity contribution is 6.04. The van der Waals surface area contributed by atoms with Gasteiger partial charge in [0, 0.05) is 23.5 Å². The number of benzene rings is 1. The predicted molar refractivity (Wildman–Crippen MR) is 66.4 cm³/mol. The van der Waals surface area contributed by atoms with E-state index in [1.54, 1.807) is 0 Å². The Labute approximate surface area is 115 Å². The van der Waals surface area contributed by atoms with Crippen molar-refractivity contribution < 1.29 is 22.4 Å². The number of anilines is 1. The maximum Gasteiger partial charge on any atom is 0.419 e. The lowest BCUT2D eigenvalue weighted by atomic mass is 10.1. The second kappa shape index (κ2) is 5.39. The van der Waals surface area contributed by atoms with E-state index in [1.165, 1.54) is 12.3 Å². The van der Waals surface area contributed by atoms with Crippen LogP contribution >= 0.6 is 0 Å². The summed E-state index contributed by atoms with van der Waals surface area (Å²) in [7, 11) is 0. The third-order valence-corrected chi connectivity index (χ3v) is 2.57. The maximum atomic E-state index is 13.1. The molecule has 0 unspecified atom stereocenters. The normalized spacial score (nSPS) is 11.2. The van der Waals surface area contributed by atoms with E-state index in [2.05, 4.69) is 10.3 Å². The monoisotopic (exact) mass is 300 g/mol. The lowest BCUT2D eigenvalue weighted by molar-refractivity contribution is -0.139. The summed E-state index contributed by atoms with van der Waals surface area (Å²) in [6, 6.07) is 4.36. The Hall–Kier alpha value is -2.64. The van der Waals surface area contributed by atoms with E-state index in [0.717, 1.165) is 12.1 Å². The summed E-state index contributed by atoms with van der Waals surface area (Å²) in [4.78, 5) is 25.1. The second-order valence-corrected chi connectivity index (χ2v) is 4.09. The van der Waals surface area contributed by atoms with Crippen molar-refractivity contribution in [2.45, 2.75) is 6.18 Å². The zero-order valence-electron chi connectivity index (χ0n) is 10.3. The Morgan fingerprint density at radius 1 is 1.14 bits per heavy atom. The standard InChI is InChI=1S/C13H8F4N2O2/c14-10-2-1-8(6-9(10)13(15,16)17)19-12(21)7-3-4-18-11(20)5-7/h1-6H,(H,18,20)(H,19,21). The maximum absolute atomic E-state index is 13.1. The number of aromatic nitrogens is 1. The van der Waals surface area contributed by atoms with Crippen molar-refractivity contribution in [2.24, 2.45) is 0 Å². The Balaban J connectivity index is 2.28. The van der Waals surface area contributed by atoms with Crippen LogP contribution in [0.1, 0.15) is 15.9 Å². The van der Waals surface area contributed by atoms with Gasteiger partial charge in [0.2, 0.25) is 5.56 Å². The van der Waals surface area contributed by atoms with Gasteiger partial charge in [-0.25, -0.2) is 4.39 Å². The Morgan fingerprint density at radius 3 is 2.48 bits per heavy atom. The highest BCUT2D eigenvalue weighted by Crippen LogP contribution is 2.33. The summed E-state index contributed by atoms with van der Waals surface area (Å²) in [6.07, 6.45) is -3.64. The molecule has 0 aliphatic rings. The van der Waals surface area contributed by atoms with Crippen molar-refractivity contribution in [3.05, 3.63) is 63.8 Å². The zero-order valence-corrected chi connectivity index (χ0v) is 10.3. The number of alkyl halides is 3. The van der Waals surface area contributed by atoms with Gasteiger partial charge in [-0.2, -0.15) is 13.2 Å². The SMILES string of the molecule is O=C(Nc1ccc(F)c(C(F)(F)F)c1)c1cc[nH]c(=O)c1. The summed E-state index contributed by atoms with van der Waals surface area (Å²) in [6.45, 7) is 0. The summed E-state index contributed by atoms with van der Waals surface area (Å²) in [5.41, 5.74) is -2.27. The fourth-order valence-electron chi connectivity index (χ4n) is 1.61. The molecule has 2 aromatic rings. The zero-order chi connectivity index (χ0) is 15.6. The minimum Gasteiger partial charge on any atom is -0.329 e. The van der Waals surface area contributed by atoms with Crippen LogP contribution in [0.2, 0.25) is 0 Å². The van der Waals surface area contributed by atoms with Crippen LogP contribution in [0.5, 0.6) is 0 Å². The molecule has 0 radical (unpaired) electrons. The molecule has 1 heterocycles. The number of halogens is 4. The molecule has 1 aromatic carbocycles. The molecule has 110 valence electrons. The average Bonchev–Trinajstić information content (AvgIpc) is 2.39. The van der Waals surface area contributed by atoms with Crippen LogP contribution in [0.15, 0.2) is 41.3 Å². The van der Waals surface area contributed by atoms with E-state index in [1.807, 2.05) is 0 Å². The van der Waals surface area contributed by atoms with E-state index in [4.69, 9.17) is 0 Å². The number of pyridine rings is 1. The van der Waals surface area contributed by atoms with Gasteiger partial charge < -0.3 is 10.3 Å². The lowest BCUT2D eigenvalue weighted by Crippen LogP contribution is -2.16. The minimum atomic E-state index is -4.87. The molecule has 2 N–H and O–H groups in total. The van der Waals surface area contributed by atoms with Gasteiger partial charge in [0.1, 0.15) is 5.82 Å². The van der Waals surface area contributed by atoms with Crippen molar-refractivity contribution in [1.29, 1.82) is 0 Å². The molecular weight excluding hydrogens is 292 g/mol. The molecule has 0 bridgehead atoms. The number of aromatic amines is 1. The van der Waals surface area contributed by atoms with Crippen LogP contribution in [-0.4, -0.2) is 10.9 Å². The molecule has 0 atom stereocenters. The number of nitrogens with one attached hydrogen (secondary N) is 2. The van der Waals surface area contributed by atoms with Crippen molar-refractivity contribution in [3.8, 4) is 0 Å². The van der Waals surface area contributed by atoms with Gasteiger partial charge in [0.25, 0.3) is 5.91 Å². The number of hydrogen-bond donors (Lipinski definition) is 2. The molecule has 0 aliphatic carbocycles. The number of carbonyl (C=O) groups is 1. The second-order valence-electron chi connectivity index (χ2n) is 4.09. The molecule has 0 saturated carbocycles. The van der Waals surface area contributed by atoms with Gasteiger partial charge in [-0.15, -0.1) is 0 Å². The van der Waals surface area contributed by atoms with E-state index >= 15 is 0 Å². The minimum absolute atomic E-state index is 0.0309. The highest BCUT2D eigenvalue weighted by atomic mass is 19.4.